The van der Waals surface area contributed by atoms with E-state index in [0.29, 0.717) is 29.1 Å². The van der Waals surface area contributed by atoms with E-state index in [1.807, 2.05) is 38.1 Å². The number of hydrogen-bond donors (Lipinski definition) is 2. The topological polar surface area (TPSA) is 71.2 Å². The Morgan fingerprint density at radius 2 is 1.96 bits per heavy atom. The van der Waals surface area contributed by atoms with Crippen molar-refractivity contribution in [3.8, 4) is 0 Å². The van der Waals surface area contributed by atoms with Gasteiger partial charge in [-0.25, -0.2) is 4.79 Å². The van der Waals surface area contributed by atoms with Gasteiger partial charge in [-0.3, -0.25) is 4.79 Å². The maximum atomic E-state index is 12.8. The molecule has 0 aliphatic heterocycles. The molecule has 2 rings (SSSR count). The van der Waals surface area contributed by atoms with Crippen LogP contribution in [0.15, 0.2) is 24.3 Å². The van der Waals surface area contributed by atoms with Crippen molar-refractivity contribution in [3.63, 3.8) is 0 Å². The number of H-pyrrole nitrogens is 1. The number of rotatable bonds is 6. The monoisotopic (exact) mass is 328 g/mol. The highest BCUT2D eigenvalue weighted by Crippen LogP contribution is 2.21. The van der Waals surface area contributed by atoms with Gasteiger partial charge in [-0.15, -0.1) is 0 Å². The summed E-state index contributed by atoms with van der Waals surface area (Å²) < 4.78 is 5.07. The number of ether oxygens (including phenoxy) is 1. The predicted octanol–water partition coefficient (Wildman–Crippen LogP) is 3.80. The van der Waals surface area contributed by atoms with Crippen molar-refractivity contribution in [1.29, 1.82) is 0 Å². The first kappa shape index (κ1) is 17.8. The Bertz CT molecular complexity index is 762. The molecule has 1 aromatic heterocycles. The van der Waals surface area contributed by atoms with Crippen LogP contribution in [0.2, 0.25) is 0 Å². The van der Waals surface area contributed by atoms with E-state index in [4.69, 9.17) is 4.74 Å². The fourth-order valence-corrected chi connectivity index (χ4v) is 2.77. The third kappa shape index (κ3) is 3.67. The normalized spacial score (nSPS) is 11.9. The first-order chi connectivity index (χ1) is 11.3. The fraction of sp³-hybridized carbons (Fsp3) is 0.368. The number of carbonyl (C=O) groups excluding carboxylic acids is 2. The van der Waals surface area contributed by atoms with Crippen LogP contribution in [0, 0.1) is 20.8 Å². The molecule has 1 heterocycles. The van der Waals surface area contributed by atoms with Crippen molar-refractivity contribution in [3.05, 3.63) is 52.3 Å². The van der Waals surface area contributed by atoms with E-state index >= 15 is 0 Å². The predicted molar refractivity (Wildman–Crippen MR) is 94.8 cm³/mol. The SMILES string of the molecule is CCOC(=O)c1c(C)[nH]c(C(=O)[C@@H](C)Nc2cccc(C)c2)c1C. The van der Waals surface area contributed by atoms with Gasteiger partial charge in [0, 0.05) is 11.4 Å². The zero-order valence-corrected chi connectivity index (χ0v) is 14.8. The summed E-state index contributed by atoms with van der Waals surface area (Å²) in [5.41, 5.74) is 4.19. The first-order valence-corrected chi connectivity index (χ1v) is 8.08. The minimum Gasteiger partial charge on any atom is -0.462 e. The molecule has 0 aliphatic carbocycles. The van der Waals surface area contributed by atoms with Crippen LogP contribution in [-0.4, -0.2) is 29.4 Å². The van der Waals surface area contributed by atoms with Crippen molar-refractivity contribution in [2.24, 2.45) is 0 Å². The third-order valence-corrected chi connectivity index (χ3v) is 3.96. The molecule has 2 N–H and O–H groups in total. The summed E-state index contributed by atoms with van der Waals surface area (Å²) in [6.45, 7) is 9.41. The van der Waals surface area contributed by atoms with Crippen LogP contribution in [0.3, 0.4) is 0 Å². The van der Waals surface area contributed by atoms with Gasteiger partial charge in [0.05, 0.1) is 23.9 Å². The Hall–Kier alpha value is -2.56. The number of esters is 1. The van der Waals surface area contributed by atoms with Crippen molar-refractivity contribution < 1.29 is 14.3 Å². The number of hydrogen-bond acceptors (Lipinski definition) is 4. The van der Waals surface area contributed by atoms with Crippen LogP contribution < -0.4 is 5.32 Å². The second kappa shape index (κ2) is 7.34. The molecule has 1 atom stereocenters. The summed E-state index contributed by atoms with van der Waals surface area (Å²) in [6.07, 6.45) is 0. The number of aromatic amines is 1. The zero-order valence-electron chi connectivity index (χ0n) is 14.8. The standard InChI is InChI=1S/C19H24N2O3/c1-6-24-19(23)16-12(3)17(21-13(16)4)18(22)14(5)20-15-9-7-8-11(2)10-15/h7-10,14,20-21H,6H2,1-5H3/t14-/m1/s1. The number of nitrogens with one attached hydrogen (secondary N) is 2. The summed E-state index contributed by atoms with van der Waals surface area (Å²) in [5, 5.41) is 3.21. The van der Waals surface area contributed by atoms with Gasteiger partial charge in [0.1, 0.15) is 0 Å². The molecule has 5 heteroatoms. The van der Waals surface area contributed by atoms with Crippen molar-refractivity contribution in [2.45, 2.75) is 40.7 Å². The summed E-state index contributed by atoms with van der Waals surface area (Å²) >= 11 is 0. The summed E-state index contributed by atoms with van der Waals surface area (Å²) in [6, 6.07) is 7.44. The van der Waals surface area contributed by atoms with E-state index in [0.717, 1.165) is 11.3 Å². The smallest absolute Gasteiger partial charge is 0.340 e. The molecule has 24 heavy (non-hydrogen) atoms. The second-order valence-corrected chi connectivity index (χ2v) is 5.95. The lowest BCUT2D eigenvalue weighted by atomic mass is 10.0. The van der Waals surface area contributed by atoms with E-state index in [-0.39, 0.29) is 5.78 Å². The third-order valence-electron chi connectivity index (χ3n) is 3.96. The van der Waals surface area contributed by atoms with Crippen LogP contribution in [-0.2, 0) is 4.74 Å². The van der Waals surface area contributed by atoms with Gasteiger partial charge in [0.15, 0.2) is 0 Å². The molecular formula is C19H24N2O3. The minimum atomic E-state index is -0.418. The Balaban J connectivity index is 2.23. The maximum absolute atomic E-state index is 12.8. The van der Waals surface area contributed by atoms with E-state index in [1.165, 1.54) is 0 Å². The van der Waals surface area contributed by atoms with E-state index in [9.17, 15) is 9.59 Å². The first-order valence-electron chi connectivity index (χ1n) is 8.08. The van der Waals surface area contributed by atoms with E-state index in [1.54, 1.807) is 20.8 Å². The number of benzene rings is 1. The molecule has 0 saturated carbocycles. The number of ketones is 1. The zero-order chi connectivity index (χ0) is 17.9. The van der Waals surface area contributed by atoms with Gasteiger partial charge in [0.25, 0.3) is 0 Å². The number of Topliss-reactive ketones (excluding diaryl/α,β-unsaturated/α-hetero) is 1. The Morgan fingerprint density at radius 1 is 1.25 bits per heavy atom. The number of aromatic nitrogens is 1. The minimum absolute atomic E-state index is 0.0901. The van der Waals surface area contributed by atoms with Crippen molar-refractivity contribution in [2.75, 3.05) is 11.9 Å². The molecule has 2 aromatic rings. The molecule has 128 valence electrons. The quantitative estimate of drug-likeness (QED) is 0.625. The van der Waals surface area contributed by atoms with E-state index < -0.39 is 12.0 Å². The fourth-order valence-electron chi connectivity index (χ4n) is 2.77. The molecule has 0 amide bonds. The average Bonchev–Trinajstić information content (AvgIpc) is 2.81. The number of aryl methyl sites for hydroxylation is 2. The van der Waals surface area contributed by atoms with Crippen LogP contribution >= 0.6 is 0 Å². The van der Waals surface area contributed by atoms with E-state index in [2.05, 4.69) is 10.3 Å². The largest absolute Gasteiger partial charge is 0.462 e. The second-order valence-electron chi connectivity index (χ2n) is 5.95. The van der Waals surface area contributed by atoms with Crippen LogP contribution in [0.1, 0.15) is 51.5 Å². The Kier molecular flexibility index (Phi) is 5.44. The van der Waals surface area contributed by atoms with Gasteiger partial charge >= 0.3 is 5.97 Å². The lowest BCUT2D eigenvalue weighted by Crippen LogP contribution is -2.27. The molecule has 0 saturated heterocycles. The molecule has 0 bridgehead atoms. The molecule has 0 fully saturated rings. The molecule has 5 nitrogen and oxygen atoms in total. The highest BCUT2D eigenvalue weighted by atomic mass is 16.5. The molecule has 0 unspecified atom stereocenters. The Labute approximate surface area is 142 Å². The molecular weight excluding hydrogens is 304 g/mol. The number of carbonyl (C=O) groups is 2. The highest BCUT2D eigenvalue weighted by molar-refractivity contribution is 6.04. The molecule has 0 aliphatic rings. The lowest BCUT2D eigenvalue weighted by Gasteiger charge is -2.14. The maximum Gasteiger partial charge on any atom is 0.340 e. The van der Waals surface area contributed by atoms with Gasteiger partial charge < -0.3 is 15.0 Å². The molecule has 1 aromatic carbocycles. The van der Waals surface area contributed by atoms with Crippen LogP contribution in [0.5, 0.6) is 0 Å². The van der Waals surface area contributed by atoms with Crippen LogP contribution in [0.4, 0.5) is 5.69 Å². The van der Waals surface area contributed by atoms with Gasteiger partial charge in [-0.05, 0) is 57.9 Å². The summed E-state index contributed by atoms with van der Waals surface area (Å²) in [7, 11) is 0. The van der Waals surface area contributed by atoms with Crippen molar-refractivity contribution in [1.82, 2.24) is 4.98 Å². The average molecular weight is 328 g/mol. The highest BCUT2D eigenvalue weighted by Gasteiger charge is 2.25. The van der Waals surface area contributed by atoms with Crippen molar-refractivity contribution >= 4 is 17.4 Å². The summed E-state index contributed by atoms with van der Waals surface area (Å²) in [4.78, 5) is 27.8. The van der Waals surface area contributed by atoms with Gasteiger partial charge in [-0.2, -0.15) is 0 Å². The van der Waals surface area contributed by atoms with Gasteiger partial charge in [0.2, 0.25) is 5.78 Å². The lowest BCUT2D eigenvalue weighted by molar-refractivity contribution is 0.0525. The van der Waals surface area contributed by atoms with Gasteiger partial charge in [-0.1, -0.05) is 12.1 Å². The van der Waals surface area contributed by atoms with Crippen LogP contribution in [0.25, 0.3) is 0 Å². The molecule has 0 spiro atoms. The Morgan fingerprint density at radius 3 is 2.58 bits per heavy atom. The molecule has 0 radical (unpaired) electrons. The summed E-state index contributed by atoms with van der Waals surface area (Å²) in [5.74, 6) is -0.491. The number of anilines is 1.